The first-order valence-electron chi connectivity index (χ1n) is 7.07. The summed E-state index contributed by atoms with van der Waals surface area (Å²) < 4.78 is 5.42. The number of pyridine rings is 1. The fourth-order valence-corrected chi connectivity index (χ4v) is 3.28. The fourth-order valence-electron chi connectivity index (χ4n) is 1.74. The third-order valence-electron chi connectivity index (χ3n) is 2.70. The second-order valence-electron chi connectivity index (χ2n) is 4.69. The number of nitrogens with zero attached hydrogens (tertiary/aromatic N) is 4. The summed E-state index contributed by atoms with van der Waals surface area (Å²) in [6, 6.07) is 3.39. The molecule has 1 N–H and O–H groups in total. The van der Waals surface area contributed by atoms with Crippen molar-refractivity contribution in [3.05, 3.63) is 23.9 Å². The van der Waals surface area contributed by atoms with Crippen LogP contribution in [0.1, 0.15) is 17.3 Å². The number of carbonyl (C=O) groups excluding carboxylic acids is 2. The molecule has 0 atom stereocenters. The van der Waals surface area contributed by atoms with Crippen LogP contribution < -0.4 is 10.2 Å². The zero-order chi connectivity index (χ0) is 17.5. The van der Waals surface area contributed by atoms with Gasteiger partial charge in [-0.1, -0.05) is 23.1 Å². The average molecular weight is 367 g/mol. The molecular weight excluding hydrogens is 350 g/mol. The summed E-state index contributed by atoms with van der Waals surface area (Å²) in [6.45, 7) is 2.09. The van der Waals surface area contributed by atoms with Crippen molar-refractivity contribution in [3.63, 3.8) is 0 Å². The normalized spacial score (nSPS) is 10.3. The van der Waals surface area contributed by atoms with Crippen molar-refractivity contribution >= 4 is 45.9 Å². The smallest absolute Gasteiger partial charge is 0.316 e. The molecule has 2 aromatic heterocycles. The lowest BCUT2D eigenvalue weighted by atomic mass is 10.2. The van der Waals surface area contributed by atoms with Crippen molar-refractivity contribution < 1.29 is 14.3 Å². The predicted octanol–water partition coefficient (Wildman–Crippen LogP) is 1.91. The largest absolute Gasteiger partial charge is 0.465 e. The summed E-state index contributed by atoms with van der Waals surface area (Å²) in [6.07, 6.45) is 1.63. The highest BCUT2D eigenvalue weighted by molar-refractivity contribution is 8.01. The summed E-state index contributed by atoms with van der Waals surface area (Å²) in [7, 11) is 3.63. The Bertz CT molecular complexity index is 720. The first-order valence-corrected chi connectivity index (χ1v) is 8.87. The van der Waals surface area contributed by atoms with Crippen molar-refractivity contribution in [2.45, 2.75) is 11.3 Å². The second-order valence-corrected chi connectivity index (χ2v) is 6.89. The molecule has 0 saturated carbocycles. The summed E-state index contributed by atoms with van der Waals surface area (Å²) >= 11 is 2.42. The highest BCUT2D eigenvalue weighted by Gasteiger charge is 2.16. The zero-order valence-electron chi connectivity index (χ0n) is 13.5. The van der Waals surface area contributed by atoms with Gasteiger partial charge in [0, 0.05) is 20.3 Å². The molecule has 2 heterocycles. The van der Waals surface area contributed by atoms with Crippen LogP contribution in [0.2, 0.25) is 0 Å². The molecule has 2 rings (SSSR count). The molecule has 2 aromatic rings. The molecule has 10 heteroatoms. The quantitative estimate of drug-likeness (QED) is 0.450. The van der Waals surface area contributed by atoms with Crippen LogP contribution >= 0.6 is 23.1 Å². The molecule has 1 amide bonds. The van der Waals surface area contributed by atoms with Gasteiger partial charge in [-0.15, -0.1) is 10.2 Å². The fraction of sp³-hybridized carbons (Fsp3) is 0.357. The Morgan fingerprint density at radius 2 is 2.17 bits per heavy atom. The van der Waals surface area contributed by atoms with Gasteiger partial charge in [-0.2, -0.15) is 0 Å². The minimum absolute atomic E-state index is 0.157. The van der Waals surface area contributed by atoms with Gasteiger partial charge in [-0.05, 0) is 19.1 Å². The summed E-state index contributed by atoms with van der Waals surface area (Å²) in [4.78, 5) is 29.6. The maximum atomic E-state index is 12.4. The van der Waals surface area contributed by atoms with E-state index in [1.165, 1.54) is 23.1 Å². The second kappa shape index (κ2) is 8.60. The van der Waals surface area contributed by atoms with Gasteiger partial charge in [0.05, 0.1) is 17.9 Å². The number of ether oxygens (including phenoxy) is 1. The van der Waals surface area contributed by atoms with Gasteiger partial charge in [0.2, 0.25) is 5.13 Å². The van der Waals surface area contributed by atoms with Crippen molar-refractivity contribution in [1.29, 1.82) is 0 Å². The molecule has 0 unspecified atom stereocenters. The average Bonchev–Trinajstić information content (AvgIpc) is 3.00. The van der Waals surface area contributed by atoms with Crippen LogP contribution in [0.25, 0.3) is 0 Å². The van der Waals surface area contributed by atoms with E-state index >= 15 is 0 Å². The third-order valence-corrected chi connectivity index (χ3v) is 4.65. The minimum atomic E-state index is -0.315. The van der Waals surface area contributed by atoms with E-state index in [9.17, 15) is 9.59 Å². The molecule has 24 heavy (non-hydrogen) atoms. The molecule has 0 fully saturated rings. The van der Waals surface area contributed by atoms with Crippen molar-refractivity contribution in [2.75, 3.05) is 36.7 Å². The topological polar surface area (TPSA) is 97.3 Å². The van der Waals surface area contributed by atoms with Gasteiger partial charge in [0.1, 0.15) is 5.82 Å². The van der Waals surface area contributed by atoms with Gasteiger partial charge in [-0.25, -0.2) is 4.98 Å². The molecule has 0 saturated heterocycles. The number of amides is 1. The highest BCUT2D eigenvalue weighted by Crippen LogP contribution is 2.26. The maximum Gasteiger partial charge on any atom is 0.316 e. The van der Waals surface area contributed by atoms with Crippen LogP contribution in [0.5, 0.6) is 0 Å². The number of nitrogens with one attached hydrogen (secondary N) is 1. The Kier molecular flexibility index (Phi) is 6.50. The number of anilines is 2. The van der Waals surface area contributed by atoms with Gasteiger partial charge < -0.3 is 9.64 Å². The molecule has 0 aliphatic heterocycles. The molecule has 8 nitrogen and oxygen atoms in total. The van der Waals surface area contributed by atoms with Crippen LogP contribution in [-0.4, -0.2) is 53.5 Å². The van der Waals surface area contributed by atoms with Crippen molar-refractivity contribution in [3.8, 4) is 0 Å². The monoisotopic (exact) mass is 367 g/mol. The first-order chi connectivity index (χ1) is 11.5. The Hall–Kier alpha value is -2.20. The molecule has 0 spiro atoms. The van der Waals surface area contributed by atoms with E-state index in [1.807, 2.05) is 14.1 Å². The molecule has 0 aliphatic carbocycles. The summed E-state index contributed by atoms with van der Waals surface area (Å²) in [5.41, 5.74) is 0.443. The van der Waals surface area contributed by atoms with E-state index in [0.29, 0.717) is 27.5 Å². The lowest BCUT2D eigenvalue weighted by Gasteiger charge is -2.14. The molecule has 0 radical (unpaired) electrons. The van der Waals surface area contributed by atoms with Crippen LogP contribution in [0.4, 0.5) is 10.9 Å². The van der Waals surface area contributed by atoms with Crippen molar-refractivity contribution in [2.24, 2.45) is 0 Å². The number of thioether (sulfide) groups is 1. The lowest BCUT2D eigenvalue weighted by Crippen LogP contribution is -2.19. The van der Waals surface area contributed by atoms with Crippen LogP contribution in [0.15, 0.2) is 22.7 Å². The Morgan fingerprint density at radius 1 is 1.38 bits per heavy atom. The van der Waals surface area contributed by atoms with Crippen molar-refractivity contribution in [1.82, 2.24) is 15.2 Å². The molecular formula is C14H17N5O3S2. The van der Waals surface area contributed by atoms with E-state index < -0.39 is 0 Å². The van der Waals surface area contributed by atoms with Gasteiger partial charge in [-0.3, -0.25) is 14.9 Å². The molecule has 0 aliphatic rings. The van der Waals surface area contributed by atoms with Gasteiger partial charge >= 0.3 is 5.97 Å². The number of rotatable bonds is 7. The van der Waals surface area contributed by atoms with E-state index in [-0.39, 0.29) is 17.6 Å². The Balaban J connectivity index is 1.99. The molecule has 128 valence electrons. The van der Waals surface area contributed by atoms with E-state index in [0.717, 1.165) is 0 Å². The van der Waals surface area contributed by atoms with Crippen LogP contribution in [-0.2, 0) is 9.53 Å². The standard InChI is InChI=1S/C14H17N5O3S2/c1-4-22-10(20)8-23-14-18-17-13(24-14)16-12(21)9-6-5-7-15-11(9)19(2)3/h5-7H,4,8H2,1-3H3,(H,16,17,21). The molecule has 0 bridgehead atoms. The van der Waals surface area contributed by atoms with E-state index in [4.69, 9.17) is 4.74 Å². The van der Waals surface area contributed by atoms with E-state index in [2.05, 4.69) is 20.5 Å². The Labute approximate surface area is 147 Å². The van der Waals surface area contributed by atoms with E-state index in [1.54, 1.807) is 30.2 Å². The maximum absolute atomic E-state index is 12.4. The van der Waals surface area contributed by atoms with Crippen LogP contribution in [0.3, 0.4) is 0 Å². The van der Waals surface area contributed by atoms with Gasteiger partial charge in [0.15, 0.2) is 4.34 Å². The number of aromatic nitrogens is 3. The third kappa shape index (κ3) is 4.90. The number of esters is 1. The number of carbonyl (C=O) groups is 2. The summed E-state index contributed by atoms with van der Waals surface area (Å²) in [5, 5.41) is 10.9. The van der Waals surface area contributed by atoms with Gasteiger partial charge in [0.25, 0.3) is 5.91 Å². The number of hydrogen-bond donors (Lipinski definition) is 1. The van der Waals surface area contributed by atoms with Crippen LogP contribution in [0, 0.1) is 0 Å². The zero-order valence-corrected chi connectivity index (χ0v) is 15.1. The number of hydrogen-bond acceptors (Lipinski definition) is 9. The Morgan fingerprint density at radius 3 is 2.88 bits per heavy atom. The minimum Gasteiger partial charge on any atom is -0.465 e. The molecule has 0 aromatic carbocycles. The predicted molar refractivity (Wildman–Crippen MR) is 93.8 cm³/mol. The summed E-state index contributed by atoms with van der Waals surface area (Å²) in [5.74, 6) is 0.0969. The SMILES string of the molecule is CCOC(=O)CSc1nnc(NC(=O)c2cccnc2N(C)C)s1. The highest BCUT2D eigenvalue weighted by atomic mass is 32.2. The lowest BCUT2D eigenvalue weighted by molar-refractivity contribution is -0.139. The first kappa shape index (κ1) is 18.1.